The van der Waals surface area contributed by atoms with Crippen molar-refractivity contribution in [3.63, 3.8) is 0 Å². The summed E-state index contributed by atoms with van der Waals surface area (Å²) in [7, 11) is 0. The van der Waals surface area contributed by atoms with Crippen LogP contribution in [0.15, 0.2) is 47.5 Å². The highest BCUT2D eigenvalue weighted by Gasteiger charge is 2.04. The van der Waals surface area contributed by atoms with Gasteiger partial charge in [0.1, 0.15) is 0 Å². The summed E-state index contributed by atoms with van der Waals surface area (Å²) in [6.45, 7) is 2.12. The number of aryl methyl sites for hydroxylation is 1. The van der Waals surface area contributed by atoms with Gasteiger partial charge >= 0.3 is 0 Å². The van der Waals surface area contributed by atoms with Gasteiger partial charge in [0.15, 0.2) is 0 Å². The molecule has 112 valence electrons. The number of benzene rings is 1. The molecule has 0 radical (unpaired) electrons. The molecule has 0 saturated heterocycles. The third-order valence-electron chi connectivity index (χ3n) is 3.01. The molecule has 1 aromatic heterocycles. The Morgan fingerprint density at radius 1 is 1.29 bits per heavy atom. The molecule has 5 nitrogen and oxygen atoms in total. The molecule has 2 aromatic rings. The number of carbonyl (C=O) groups is 1. The number of nitrogens with one attached hydrogen (secondary N) is 2. The molecule has 1 heterocycles. The normalized spacial score (nSPS) is 10.5. The van der Waals surface area contributed by atoms with Crippen LogP contribution in [0.25, 0.3) is 0 Å². The van der Waals surface area contributed by atoms with E-state index in [-0.39, 0.29) is 5.91 Å². The first-order valence-corrected chi connectivity index (χ1v) is 7.76. The highest BCUT2D eigenvalue weighted by molar-refractivity contribution is 9.10. The van der Waals surface area contributed by atoms with Gasteiger partial charge in [0, 0.05) is 23.4 Å². The van der Waals surface area contributed by atoms with Crippen molar-refractivity contribution in [2.24, 2.45) is 0 Å². The number of imidazole rings is 1. The second-order valence-corrected chi connectivity index (χ2v) is 5.57. The van der Waals surface area contributed by atoms with E-state index in [2.05, 4.69) is 36.1 Å². The van der Waals surface area contributed by atoms with E-state index >= 15 is 0 Å². The predicted molar refractivity (Wildman–Crippen MR) is 87.1 cm³/mol. The minimum Gasteiger partial charge on any atom is -0.337 e. The molecule has 0 aliphatic heterocycles. The van der Waals surface area contributed by atoms with E-state index in [4.69, 9.17) is 0 Å². The van der Waals surface area contributed by atoms with Gasteiger partial charge in [-0.25, -0.2) is 4.98 Å². The Bertz CT molecular complexity index is 557. The van der Waals surface area contributed by atoms with Crippen molar-refractivity contribution in [2.45, 2.75) is 19.4 Å². The fraction of sp³-hybridized carbons (Fsp3) is 0.333. The molecule has 0 saturated carbocycles. The van der Waals surface area contributed by atoms with Crippen LogP contribution in [0.5, 0.6) is 0 Å². The maximum absolute atomic E-state index is 11.8. The number of amides is 1. The molecular formula is C15H19BrN4O. The van der Waals surface area contributed by atoms with Crippen molar-refractivity contribution in [3.05, 3.63) is 47.5 Å². The Hall–Kier alpha value is -1.66. The Balaban J connectivity index is 1.56. The van der Waals surface area contributed by atoms with Crippen molar-refractivity contribution in [2.75, 3.05) is 18.4 Å². The Morgan fingerprint density at radius 2 is 2.14 bits per heavy atom. The monoisotopic (exact) mass is 350 g/mol. The summed E-state index contributed by atoms with van der Waals surface area (Å²) in [5.74, 6) is -0.0310. The number of rotatable bonds is 8. The van der Waals surface area contributed by atoms with Crippen LogP contribution >= 0.6 is 15.9 Å². The highest BCUT2D eigenvalue weighted by atomic mass is 79.9. The standard InChI is InChI=1S/C15H19BrN4O/c16-13-5-1-2-6-14(13)19-15(21)11-17-7-3-4-9-20-10-8-18-12-20/h1-2,5-6,8,10,12,17H,3-4,7,9,11H2,(H,19,21). The molecule has 0 spiro atoms. The summed E-state index contributed by atoms with van der Waals surface area (Å²) in [6.07, 6.45) is 7.65. The van der Waals surface area contributed by atoms with Gasteiger partial charge in [0.25, 0.3) is 0 Å². The lowest BCUT2D eigenvalue weighted by Crippen LogP contribution is -2.28. The Kier molecular flexibility index (Phi) is 6.43. The van der Waals surface area contributed by atoms with E-state index in [1.54, 1.807) is 6.20 Å². The van der Waals surface area contributed by atoms with E-state index < -0.39 is 0 Å². The van der Waals surface area contributed by atoms with Gasteiger partial charge < -0.3 is 15.2 Å². The fourth-order valence-corrected chi connectivity index (χ4v) is 2.31. The zero-order chi connectivity index (χ0) is 14.9. The maximum atomic E-state index is 11.8. The molecular weight excluding hydrogens is 332 g/mol. The minimum atomic E-state index is -0.0310. The zero-order valence-electron chi connectivity index (χ0n) is 11.8. The van der Waals surface area contributed by atoms with Crippen LogP contribution in [0.4, 0.5) is 5.69 Å². The van der Waals surface area contributed by atoms with Gasteiger partial charge in [-0.1, -0.05) is 12.1 Å². The molecule has 2 rings (SSSR count). The number of halogens is 1. The fourth-order valence-electron chi connectivity index (χ4n) is 1.92. The summed E-state index contributed by atoms with van der Waals surface area (Å²) in [6, 6.07) is 7.58. The first kappa shape index (κ1) is 15.7. The third kappa shape index (κ3) is 5.69. The van der Waals surface area contributed by atoms with Crippen LogP contribution < -0.4 is 10.6 Å². The summed E-state index contributed by atoms with van der Waals surface area (Å²) in [4.78, 5) is 15.8. The molecule has 1 amide bonds. The van der Waals surface area contributed by atoms with E-state index in [1.807, 2.05) is 36.8 Å². The Labute approximate surface area is 132 Å². The number of anilines is 1. The van der Waals surface area contributed by atoms with Crippen LogP contribution in [0.2, 0.25) is 0 Å². The average Bonchev–Trinajstić information content (AvgIpc) is 2.98. The number of hydrogen-bond acceptors (Lipinski definition) is 3. The Morgan fingerprint density at radius 3 is 2.90 bits per heavy atom. The predicted octanol–water partition coefficient (Wildman–Crippen LogP) is 2.65. The van der Waals surface area contributed by atoms with Crippen LogP contribution in [0, 0.1) is 0 Å². The molecule has 0 aliphatic rings. The second-order valence-electron chi connectivity index (χ2n) is 4.71. The molecule has 0 aliphatic carbocycles. The number of para-hydroxylation sites is 1. The molecule has 6 heteroatoms. The number of hydrogen-bond donors (Lipinski definition) is 2. The van der Waals surface area contributed by atoms with Gasteiger partial charge in [-0.15, -0.1) is 0 Å². The van der Waals surface area contributed by atoms with Crippen molar-refractivity contribution in [3.8, 4) is 0 Å². The van der Waals surface area contributed by atoms with Crippen LogP contribution in [0.3, 0.4) is 0 Å². The zero-order valence-corrected chi connectivity index (χ0v) is 13.3. The molecule has 21 heavy (non-hydrogen) atoms. The first-order chi connectivity index (χ1) is 10.3. The van der Waals surface area contributed by atoms with Gasteiger partial charge in [0.2, 0.25) is 5.91 Å². The second kappa shape index (κ2) is 8.59. The first-order valence-electron chi connectivity index (χ1n) is 6.96. The average molecular weight is 351 g/mol. The van der Waals surface area contributed by atoms with Gasteiger partial charge in [-0.3, -0.25) is 4.79 Å². The van der Waals surface area contributed by atoms with Gasteiger partial charge in [-0.05, 0) is 47.4 Å². The van der Waals surface area contributed by atoms with E-state index in [0.717, 1.165) is 36.1 Å². The topological polar surface area (TPSA) is 59.0 Å². The van der Waals surface area contributed by atoms with E-state index in [9.17, 15) is 4.79 Å². The number of unbranched alkanes of at least 4 members (excludes halogenated alkanes) is 1. The molecule has 0 atom stereocenters. The van der Waals surface area contributed by atoms with Crippen LogP contribution in [-0.2, 0) is 11.3 Å². The summed E-state index contributed by atoms with van der Waals surface area (Å²) < 4.78 is 2.94. The smallest absolute Gasteiger partial charge is 0.238 e. The molecule has 0 unspecified atom stereocenters. The van der Waals surface area contributed by atoms with Crippen molar-refractivity contribution in [1.82, 2.24) is 14.9 Å². The maximum Gasteiger partial charge on any atom is 0.238 e. The summed E-state index contributed by atoms with van der Waals surface area (Å²) in [5, 5.41) is 6.02. The van der Waals surface area contributed by atoms with E-state index in [1.165, 1.54) is 0 Å². The van der Waals surface area contributed by atoms with E-state index in [0.29, 0.717) is 6.54 Å². The third-order valence-corrected chi connectivity index (χ3v) is 3.70. The number of aromatic nitrogens is 2. The lowest BCUT2D eigenvalue weighted by molar-refractivity contribution is -0.115. The quantitative estimate of drug-likeness (QED) is 0.719. The minimum absolute atomic E-state index is 0.0310. The van der Waals surface area contributed by atoms with Gasteiger partial charge in [0.05, 0.1) is 18.6 Å². The summed E-state index contributed by atoms with van der Waals surface area (Å²) >= 11 is 3.40. The highest BCUT2D eigenvalue weighted by Crippen LogP contribution is 2.20. The summed E-state index contributed by atoms with van der Waals surface area (Å²) in [5.41, 5.74) is 0.796. The SMILES string of the molecule is O=C(CNCCCCn1ccnc1)Nc1ccccc1Br. The lowest BCUT2D eigenvalue weighted by Gasteiger charge is -2.08. The molecule has 1 aromatic carbocycles. The van der Waals surface area contributed by atoms with Crippen molar-refractivity contribution in [1.29, 1.82) is 0 Å². The number of nitrogens with zero attached hydrogens (tertiary/aromatic N) is 2. The molecule has 0 bridgehead atoms. The largest absolute Gasteiger partial charge is 0.337 e. The molecule has 2 N–H and O–H groups in total. The van der Waals surface area contributed by atoms with Crippen molar-refractivity contribution < 1.29 is 4.79 Å². The molecule has 0 fully saturated rings. The van der Waals surface area contributed by atoms with Crippen molar-refractivity contribution >= 4 is 27.5 Å². The lowest BCUT2D eigenvalue weighted by atomic mass is 10.3. The van der Waals surface area contributed by atoms with Crippen LogP contribution in [-0.4, -0.2) is 28.5 Å². The van der Waals surface area contributed by atoms with Gasteiger partial charge in [-0.2, -0.15) is 0 Å². The van der Waals surface area contributed by atoms with Crippen LogP contribution in [0.1, 0.15) is 12.8 Å². The number of carbonyl (C=O) groups excluding carboxylic acids is 1.